The van der Waals surface area contributed by atoms with Crippen LogP contribution in [-0.4, -0.2) is 18.9 Å². The molecule has 0 unspecified atom stereocenters. The Labute approximate surface area is 131 Å². The van der Waals surface area contributed by atoms with Crippen molar-refractivity contribution in [3.8, 4) is 0 Å². The maximum Gasteiger partial charge on any atom is 0.236 e. The zero-order valence-corrected chi connectivity index (χ0v) is 13.6. The number of anilines is 2. The number of benzene rings is 1. The Balaban J connectivity index is 1.81. The fourth-order valence-corrected chi connectivity index (χ4v) is 3.66. The first-order valence-electron chi connectivity index (χ1n) is 8.15. The predicted octanol–water partition coefficient (Wildman–Crippen LogP) is 3.46. The van der Waals surface area contributed by atoms with Crippen LogP contribution in [0.15, 0.2) is 18.2 Å². The zero-order chi connectivity index (χ0) is 15.9. The van der Waals surface area contributed by atoms with Crippen LogP contribution in [0.25, 0.3) is 0 Å². The van der Waals surface area contributed by atoms with Gasteiger partial charge in [-0.1, -0.05) is 19.3 Å². The van der Waals surface area contributed by atoms with Gasteiger partial charge >= 0.3 is 0 Å². The van der Waals surface area contributed by atoms with E-state index < -0.39 is 5.41 Å². The molecule has 0 atom stereocenters. The molecule has 0 saturated heterocycles. The van der Waals surface area contributed by atoms with Crippen LogP contribution in [0, 0.1) is 5.92 Å². The number of amides is 2. The molecule has 1 N–H and O–H groups in total. The summed E-state index contributed by atoms with van der Waals surface area (Å²) >= 11 is 0. The molecule has 1 aromatic rings. The zero-order valence-electron chi connectivity index (χ0n) is 13.6. The van der Waals surface area contributed by atoms with E-state index in [1.807, 2.05) is 32.0 Å². The minimum Gasteiger partial charge on any atom is -0.326 e. The van der Waals surface area contributed by atoms with Crippen molar-refractivity contribution < 1.29 is 9.59 Å². The fourth-order valence-electron chi connectivity index (χ4n) is 3.66. The Bertz CT molecular complexity index is 616. The highest BCUT2D eigenvalue weighted by atomic mass is 16.2. The van der Waals surface area contributed by atoms with Gasteiger partial charge in [0.05, 0.1) is 5.41 Å². The van der Waals surface area contributed by atoms with Crippen molar-refractivity contribution in [3.63, 3.8) is 0 Å². The van der Waals surface area contributed by atoms with E-state index in [4.69, 9.17) is 0 Å². The summed E-state index contributed by atoms with van der Waals surface area (Å²) in [5, 5.41) is 3.04. The van der Waals surface area contributed by atoms with Crippen LogP contribution in [-0.2, 0) is 15.0 Å². The maximum atomic E-state index is 12.4. The molecule has 22 heavy (non-hydrogen) atoms. The summed E-state index contributed by atoms with van der Waals surface area (Å²) in [6.07, 6.45) is 5.52. The van der Waals surface area contributed by atoms with Gasteiger partial charge in [-0.25, -0.2) is 0 Å². The third-order valence-corrected chi connectivity index (χ3v) is 5.11. The van der Waals surface area contributed by atoms with E-state index in [2.05, 4.69) is 5.32 Å². The van der Waals surface area contributed by atoms with E-state index in [1.54, 1.807) is 11.9 Å². The van der Waals surface area contributed by atoms with Crippen LogP contribution < -0.4 is 10.2 Å². The topological polar surface area (TPSA) is 49.4 Å². The standard InChI is InChI=1S/C18H24N2O2/c1-18(2)14-11-13(9-10-15(14)20(3)17(18)22)19-16(21)12-7-5-4-6-8-12/h9-12H,4-8H2,1-3H3,(H,19,21). The molecule has 118 valence electrons. The molecule has 2 amide bonds. The number of nitrogens with zero attached hydrogens (tertiary/aromatic N) is 1. The highest BCUT2D eigenvalue weighted by Crippen LogP contribution is 2.42. The molecule has 0 radical (unpaired) electrons. The average Bonchev–Trinajstić information content (AvgIpc) is 2.69. The summed E-state index contributed by atoms with van der Waals surface area (Å²) in [5.74, 6) is 0.354. The molecule has 4 heteroatoms. The van der Waals surface area contributed by atoms with Crippen molar-refractivity contribution in [2.75, 3.05) is 17.3 Å². The van der Waals surface area contributed by atoms with Crippen molar-refractivity contribution in [1.29, 1.82) is 0 Å². The second-order valence-electron chi connectivity index (χ2n) is 7.05. The molecule has 1 heterocycles. The fraction of sp³-hybridized carbons (Fsp3) is 0.556. The van der Waals surface area contributed by atoms with Crippen LogP contribution in [0.2, 0.25) is 0 Å². The first-order chi connectivity index (χ1) is 10.4. The number of hydrogen-bond donors (Lipinski definition) is 1. The molecule has 4 nitrogen and oxygen atoms in total. The Kier molecular flexibility index (Phi) is 3.71. The number of carbonyl (C=O) groups excluding carboxylic acids is 2. The molecule has 3 rings (SSSR count). The lowest BCUT2D eigenvalue weighted by Gasteiger charge is -2.21. The van der Waals surface area contributed by atoms with E-state index in [0.29, 0.717) is 0 Å². The molecule has 0 aromatic heterocycles. The Morgan fingerprint density at radius 1 is 1.23 bits per heavy atom. The van der Waals surface area contributed by atoms with Crippen LogP contribution in [0.1, 0.15) is 51.5 Å². The molecule has 1 saturated carbocycles. The number of hydrogen-bond acceptors (Lipinski definition) is 2. The van der Waals surface area contributed by atoms with E-state index in [9.17, 15) is 9.59 Å². The molecule has 1 aliphatic heterocycles. The van der Waals surface area contributed by atoms with E-state index >= 15 is 0 Å². The Morgan fingerprint density at radius 3 is 2.59 bits per heavy atom. The number of likely N-dealkylation sites (N-methyl/N-ethyl adjacent to an activating group) is 1. The van der Waals surface area contributed by atoms with Gasteiger partial charge in [0.15, 0.2) is 0 Å². The highest BCUT2D eigenvalue weighted by molar-refractivity contribution is 6.07. The smallest absolute Gasteiger partial charge is 0.236 e. The van der Waals surface area contributed by atoms with Crippen molar-refractivity contribution in [3.05, 3.63) is 23.8 Å². The van der Waals surface area contributed by atoms with Crippen molar-refractivity contribution in [2.45, 2.75) is 51.4 Å². The summed E-state index contributed by atoms with van der Waals surface area (Å²) in [6.45, 7) is 3.87. The molecular weight excluding hydrogens is 276 g/mol. The van der Waals surface area contributed by atoms with Gasteiger partial charge in [0, 0.05) is 24.3 Å². The Morgan fingerprint density at radius 2 is 1.91 bits per heavy atom. The third-order valence-electron chi connectivity index (χ3n) is 5.11. The van der Waals surface area contributed by atoms with Gasteiger partial charge in [0.1, 0.15) is 0 Å². The lowest BCUT2D eigenvalue weighted by molar-refractivity contribution is -0.122. The quantitative estimate of drug-likeness (QED) is 0.909. The number of fused-ring (bicyclic) bond motifs is 1. The summed E-state index contributed by atoms with van der Waals surface area (Å²) in [5.41, 5.74) is 2.19. The van der Waals surface area contributed by atoms with Gasteiger partial charge in [0.25, 0.3) is 0 Å². The van der Waals surface area contributed by atoms with Gasteiger partial charge < -0.3 is 10.2 Å². The van der Waals surface area contributed by atoms with E-state index in [1.165, 1.54) is 6.42 Å². The van der Waals surface area contributed by atoms with Crippen LogP contribution in [0.4, 0.5) is 11.4 Å². The second kappa shape index (κ2) is 5.41. The molecule has 0 spiro atoms. The third kappa shape index (κ3) is 2.40. The first kappa shape index (κ1) is 15.1. The highest BCUT2D eigenvalue weighted by Gasteiger charge is 2.42. The monoisotopic (exact) mass is 300 g/mol. The molecular formula is C18H24N2O2. The van der Waals surface area contributed by atoms with Crippen LogP contribution in [0.3, 0.4) is 0 Å². The molecule has 1 fully saturated rings. The summed E-state index contributed by atoms with van der Waals surface area (Å²) in [4.78, 5) is 26.4. The van der Waals surface area contributed by atoms with Gasteiger partial charge in [-0.2, -0.15) is 0 Å². The summed E-state index contributed by atoms with van der Waals surface area (Å²) in [6, 6.07) is 5.78. The maximum absolute atomic E-state index is 12.4. The normalized spacial score (nSPS) is 20.9. The SMILES string of the molecule is CN1C(=O)C(C)(C)c2cc(NC(=O)C3CCCCC3)ccc21. The minimum absolute atomic E-state index is 0.0956. The summed E-state index contributed by atoms with van der Waals surface area (Å²) in [7, 11) is 1.80. The van der Waals surface area contributed by atoms with Gasteiger partial charge in [-0.05, 0) is 50.5 Å². The largest absolute Gasteiger partial charge is 0.326 e. The van der Waals surface area contributed by atoms with E-state index in [0.717, 1.165) is 42.6 Å². The van der Waals surface area contributed by atoms with Crippen LogP contribution in [0.5, 0.6) is 0 Å². The number of carbonyl (C=O) groups is 2. The van der Waals surface area contributed by atoms with E-state index in [-0.39, 0.29) is 17.7 Å². The molecule has 1 aliphatic carbocycles. The lowest BCUT2D eigenvalue weighted by Crippen LogP contribution is -2.33. The van der Waals surface area contributed by atoms with Crippen molar-refractivity contribution in [1.82, 2.24) is 0 Å². The van der Waals surface area contributed by atoms with Crippen molar-refractivity contribution >= 4 is 23.2 Å². The first-order valence-corrected chi connectivity index (χ1v) is 8.15. The summed E-state index contributed by atoms with van der Waals surface area (Å²) < 4.78 is 0. The van der Waals surface area contributed by atoms with Crippen molar-refractivity contribution in [2.24, 2.45) is 5.92 Å². The minimum atomic E-state index is -0.532. The molecule has 0 bridgehead atoms. The predicted molar refractivity (Wildman–Crippen MR) is 88.1 cm³/mol. The molecule has 2 aliphatic rings. The van der Waals surface area contributed by atoms with Gasteiger partial charge in [0.2, 0.25) is 11.8 Å². The second-order valence-corrected chi connectivity index (χ2v) is 7.05. The van der Waals surface area contributed by atoms with Gasteiger partial charge in [-0.3, -0.25) is 9.59 Å². The lowest BCUT2D eigenvalue weighted by atomic mass is 9.86. The Hall–Kier alpha value is -1.84. The number of nitrogens with one attached hydrogen (secondary N) is 1. The molecule has 1 aromatic carbocycles. The average molecular weight is 300 g/mol. The van der Waals surface area contributed by atoms with Crippen LogP contribution >= 0.6 is 0 Å². The number of rotatable bonds is 2. The van der Waals surface area contributed by atoms with Gasteiger partial charge in [-0.15, -0.1) is 0 Å².